The molecule has 0 saturated heterocycles. The maximum atomic E-state index is 11.9. The summed E-state index contributed by atoms with van der Waals surface area (Å²) in [6.07, 6.45) is 5.94. The smallest absolute Gasteiger partial charge is 0.323 e. The molecule has 21 heavy (non-hydrogen) atoms. The van der Waals surface area contributed by atoms with Crippen LogP contribution in [0.2, 0.25) is 0 Å². The molecule has 5 heteroatoms. The molecule has 0 atom stereocenters. The number of hydrogen-bond acceptors (Lipinski definition) is 2. The summed E-state index contributed by atoms with van der Waals surface area (Å²) < 4.78 is 0. The summed E-state index contributed by atoms with van der Waals surface area (Å²) in [4.78, 5) is 28.4. The lowest BCUT2D eigenvalue weighted by Gasteiger charge is -2.33. The highest BCUT2D eigenvalue weighted by atomic mass is 16.4. The monoisotopic (exact) mass is 286 g/mol. The molecule has 0 radical (unpaired) electrons. The Morgan fingerprint density at radius 3 is 2.57 bits per heavy atom. The fraction of sp³-hybridized carbons (Fsp3) is 0.375. The largest absolute Gasteiger partial charge is 0.481 e. The molecule has 1 aromatic carbocycles. The molecular weight excluding hydrogens is 268 g/mol. The third-order valence-electron chi connectivity index (χ3n) is 4.44. The summed E-state index contributed by atoms with van der Waals surface area (Å²) in [5, 5.41) is 9.74. The fourth-order valence-corrected chi connectivity index (χ4v) is 3.25. The van der Waals surface area contributed by atoms with Crippen LogP contribution in [0.1, 0.15) is 37.7 Å². The van der Waals surface area contributed by atoms with Crippen LogP contribution in [0.3, 0.4) is 0 Å². The first kappa shape index (κ1) is 13.7. The van der Waals surface area contributed by atoms with Crippen LogP contribution in [0.4, 0.5) is 0 Å². The van der Waals surface area contributed by atoms with Gasteiger partial charge in [0.1, 0.15) is 0 Å². The van der Waals surface area contributed by atoms with Crippen molar-refractivity contribution in [2.75, 3.05) is 0 Å². The van der Waals surface area contributed by atoms with Crippen LogP contribution in [0, 0.1) is 0 Å². The summed E-state index contributed by atoms with van der Waals surface area (Å²) in [6, 6.07) is 7.50. The van der Waals surface area contributed by atoms with Crippen molar-refractivity contribution in [1.82, 2.24) is 9.97 Å². The Bertz CT molecular complexity index is 708. The summed E-state index contributed by atoms with van der Waals surface area (Å²) in [5.41, 5.74) is 1.29. The van der Waals surface area contributed by atoms with Crippen molar-refractivity contribution in [3.8, 4) is 11.3 Å². The second-order valence-electron chi connectivity index (χ2n) is 5.69. The van der Waals surface area contributed by atoms with Crippen molar-refractivity contribution < 1.29 is 9.90 Å². The van der Waals surface area contributed by atoms with Crippen molar-refractivity contribution in [2.45, 2.75) is 37.5 Å². The first-order valence-electron chi connectivity index (χ1n) is 7.24. The zero-order valence-corrected chi connectivity index (χ0v) is 11.7. The van der Waals surface area contributed by atoms with Crippen LogP contribution in [0.15, 0.2) is 35.3 Å². The third-order valence-corrected chi connectivity index (χ3v) is 4.44. The summed E-state index contributed by atoms with van der Waals surface area (Å²) >= 11 is 0. The number of hydrogen-bond donors (Lipinski definition) is 3. The normalized spacial score (nSPS) is 17.5. The number of nitrogens with one attached hydrogen (secondary N) is 2. The predicted molar refractivity (Wildman–Crippen MR) is 79.2 cm³/mol. The number of aliphatic carboxylic acids is 1. The Kier molecular flexibility index (Phi) is 3.41. The number of carbonyl (C=O) groups is 1. The van der Waals surface area contributed by atoms with Gasteiger partial charge in [-0.2, -0.15) is 0 Å². The van der Waals surface area contributed by atoms with Gasteiger partial charge in [-0.05, 0) is 30.0 Å². The SMILES string of the molecule is O=C(O)C1(c2cccc(-c3c[nH]c(=O)[nH]3)c2)CCCCC1. The van der Waals surface area contributed by atoms with Crippen LogP contribution in [0.25, 0.3) is 11.3 Å². The molecule has 1 aliphatic rings. The number of aromatic amines is 2. The summed E-state index contributed by atoms with van der Waals surface area (Å²) in [5.74, 6) is -0.748. The molecule has 1 aromatic heterocycles. The van der Waals surface area contributed by atoms with Crippen LogP contribution in [-0.4, -0.2) is 21.0 Å². The number of H-pyrrole nitrogens is 2. The topological polar surface area (TPSA) is 85.9 Å². The average molecular weight is 286 g/mol. The molecule has 1 saturated carbocycles. The molecule has 2 aromatic rings. The molecule has 1 fully saturated rings. The number of benzene rings is 1. The highest BCUT2D eigenvalue weighted by Gasteiger charge is 2.41. The van der Waals surface area contributed by atoms with Gasteiger partial charge < -0.3 is 15.1 Å². The van der Waals surface area contributed by atoms with Gasteiger partial charge in [-0.3, -0.25) is 4.79 Å². The average Bonchev–Trinajstić information content (AvgIpc) is 2.94. The first-order valence-corrected chi connectivity index (χ1v) is 7.24. The molecule has 0 amide bonds. The number of carboxylic acid groups (broad SMARTS) is 1. The number of rotatable bonds is 3. The molecule has 1 aliphatic carbocycles. The third kappa shape index (κ3) is 2.39. The Balaban J connectivity index is 2.05. The van der Waals surface area contributed by atoms with E-state index >= 15 is 0 Å². The van der Waals surface area contributed by atoms with Gasteiger partial charge in [0.15, 0.2) is 0 Å². The maximum absolute atomic E-state index is 11.9. The van der Waals surface area contributed by atoms with Gasteiger partial charge in [-0.1, -0.05) is 37.5 Å². The molecular formula is C16H18N2O3. The van der Waals surface area contributed by atoms with Crippen LogP contribution < -0.4 is 5.69 Å². The van der Waals surface area contributed by atoms with Gasteiger partial charge in [-0.25, -0.2) is 4.79 Å². The lowest BCUT2D eigenvalue weighted by atomic mass is 9.69. The standard InChI is InChI=1S/C16H18N2O3/c19-14(20)16(7-2-1-3-8-16)12-6-4-5-11(9-12)13-10-17-15(21)18-13/h4-6,9-10H,1-3,7-8H2,(H,19,20)(H2,17,18,21). The van der Waals surface area contributed by atoms with Crippen molar-refractivity contribution in [1.29, 1.82) is 0 Å². The van der Waals surface area contributed by atoms with E-state index in [1.54, 1.807) is 6.20 Å². The Labute approximate surface area is 122 Å². The molecule has 110 valence electrons. The molecule has 0 unspecified atom stereocenters. The quantitative estimate of drug-likeness (QED) is 0.810. The predicted octanol–water partition coefficient (Wildman–Crippen LogP) is 2.66. The van der Waals surface area contributed by atoms with E-state index in [4.69, 9.17) is 0 Å². The van der Waals surface area contributed by atoms with E-state index in [1.807, 2.05) is 24.3 Å². The molecule has 5 nitrogen and oxygen atoms in total. The molecule has 1 heterocycles. The van der Waals surface area contributed by atoms with E-state index in [1.165, 1.54) is 0 Å². The Morgan fingerprint density at radius 1 is 1.19 bits per heavy atom. The maximum Gasteiger partial charge on any atom is 0.323 e. The fourth-order valence-electron chi connectivity index (χ4n) is 3.25. The molecule has 3 rings (SSSR count). The van der Waals surface area contributed by atoms with E-state index in [0.717, 1.165) is 30.4 Å². The molecule has 3 N–H and O–H groups in total. The first-order chi connectivity index (χ1) is 10.1. The van der Waals surface area contributed by atoms with Gasteiger partial charge in [0.2, 0.25) is 0 Å². The number of aromatic nitrogens is 2. The second kappa shape index (κ2) is 5.24. The minimum absolute atomic E-state index is 0.263. The van der Waals surface area contributed by atoms with E-state index in [9.17, 15) is 14.7 Å². The Morgan fingerprint density at radius 2 is 1.95 bits per heavy atom. The van der Waals surface area contributed by atoms with Crippen molar-refractivity contribution in [2.24, 2.45) is 0 Å². The van der Waals surface area contributed by atoms with Crippen LogP contribution in [-0.2, 0) is 10.2 Å². The van der Waals surface area contributed by atoms with Gasteiger partial charge in [0.05, 0.1) is 11.1 Å². The number of carboxylic acids is 1. The Hall–Kier alpha value is -2.30. The highest BCUT2D eigenvalue weighted by molar-refractivity contribution is 5.82. The van der Waals surface area contributed by atoms with E-state index in [2.05, 4.69) is 9.97 Å². The van der Waals surface area contributed by atoms with Crippen molar-refractivity contribution in [3.05, 3.63) is 46.5 Å². The highest BCUT2D eigenvalue weighted by Crippen LogP contribution is 2.40. The van der Waals surface area contributed by atoms with Crippen molar-refractivity contribution >= 4 is 5.97 Å². The number of imidazole rings is 1. The molecule has 0 spiro atoms. The van der Waals surface area contributed by atoms with Gasteiger partial charge in [-0.15, -0.1) is 0 Å². The summed E-state index contributed by atoms with van der Waals surface area (Å²) in [6.45, 7) is 0. The molecule has 0 aliphatic heterocycles. The van der Waals surface area contributed by atoms with Gasteiger partial charge in [0, 0.05) is 6.20 Å². The van der Waals surface area contributed by atoms with Crippen molar-refractivity contribution in [3.63, 3.8) is 0 Å². The zero-order chi connectivity index (χ0) is 14.9. The van der Waals surface area contributed by atoms with E-state index in [-0.39, 0.29) is 5.69 Å². The molecule has 0 bridgehead atoms. The van der Waals surface area contributed by atoms with E-state index in [0.29, 0.717) is 18.5 Å². The minimum Gasteiger partial charge on any atom is -0.481 e. The minimum atomic E-state index is -0.787. The lowest BCUT2D eigenvalue weighted by Crippen LogP contribution is -2.37. The van der Waals surface area contributed by atoms with Gasteiger partial charge in [0.25, 0.3) is 0 Å². The zero-order valence-electron chi connectivity index (χ0n) is 11.7. The second-order valence-corrected chi connectivity index (χ2v) is 5.69. The lowest BCUT2D eigenvalue weighted by molar-refractivity contribution is -0.145. The van der Waals surface area contributed by atoms with Gasteiger partial charge >= 0.3 is 11.7 Å². The van der Waals surface area contributed by atoms with E-state index < -0.39 is 11.4 Å². The van der Waals surface area contributed by atoms with Crippen LogP contribution in [0.5, 0.6) is 0 Å². The summed E-state index contributed by atoms with van der Waals surface area (Å²) in [7, 11) is 0. The van der Waals surface area contributed by atoms with Crippen LogP contribution >= 0.6 is 0 Å².